The van der Waals surface area contributed by atoms with E-state index in [1.54, 1.807) is 0 Å². The van der Waals surface area contributed by atoms with E-state index in [2.05, 4.69) is 140 Å². The van der Waals surface area contributed by atoms with E-state index in [1.165, 1.54) is 22.3 Å². The van der Waals surface area contributed by atoms with Gasteiger partial charge in [0.2, 0.25) is 11.8 Å². The quantitative estimate of drug-likeness (QED) is 0.121. The third kappa shape index (κ3) is 9.51. The fourth-order valence-corrected chi connectivity index (χ4v) is 13.2. The molecule has 4 amide bonds. The molecule has 0 bridgehead atoms. The third-order valence-electron chi connectivity index (χ3n) is 16.7. The zero-order chi connectivity index (χ0) is 49.0. The number of nitrogens with one attached hydrogen (secondary N) is 4. The Labute approximate surface area is 424 Å². The maximum absolute atomic E-state index is 14.2. The van der Waals surface area contributed by atoms with Crippen LogP contribution in [0.4, 0.5) is 11.4 Å². The minimum atomic E-state index is -0.178. The maximum atomic E-state index is 14.2. The number of para-hydroxylation sites is 2. The molecular formula is C62H66N6O4. The lowest BCUT2D eigenvalue weighted by atomic mass is 9.79. The van der Waals surface area contributed by atoms with Crippen LogP contribution in [0.25, 0.3) is 0 Å². The molecule has 0 aromatic heterocycles. The van der Waals surface area contributed by atoms with Crippen molar-refractivity contribution in [1.29, 1.82) is 0 Å². The van der Waals surface area contributed by atoms with Crippen molar-refractivity contribution in [2.45, 2.75) is 100 Å². The Morgan fingerprint density at radius 1 is 0.403 bits per heavy atom. The van der Waals surface area contributed by atoms with Gasteiger partial charge >= 0.3 is 0 Å². The molecule has 12 rings (SSSR count). The largest absolute Gasteiger partial charge is 0.378 e. The molecule has 10 heteroatoms. The second-order valence-electron chi connectivity index (χ2n) is 20.8. The Morgan fingerprint density at radius 3 is 1.15 bits per heavy atom. The van der Waals surface area contributed by atoms with E-state index in [0.29, 0.717) is 23.0 Å². The number of fused-ring (bicyclic) bond motifs is 6. The van der Waals surface area contributed by atoms with E-state index in [4.69, 9.17) is 0 Å². The molecule has 0 radical (unpaired) electrons. The molecule has 6 aromatic rings. The summed E-state index contributed by atoms with van der Waals surface area (Å²) < 4.78 is 0. The highest BCUT2D eigenvalue weighted by Crippen LogP contribution is 2.53. The Kier molecular flexibility index (Phi) is 13.9. The molecule has 4 heterocycles. The SMILES string of the molecule is O=C(N[C@@H]1CCCC[C@@H]1C(=O)N1CC[C@@H]2[C@H](c3ccccc3)Nc3ccccc3[C@@H]21)c1ccccc1.O=C(N[C@@H]1CCCC[C@@H]1C(=O)N1CC[C@H]2[C@@H](c3ccccc3)Nc3ccccc3[C@H]21)c1ccccc1. The second-order valence-corrected chi connectivity index (χ2v) is 20.8. The zero-order valence-corrected chi connectivity index (χ0v) is 41.0. The van der Waals surface area contributed by atoms with E-state index in [9.17, 15) is 19.2 Å². The lowest BCUT2D eigenvalue weighted by Gasteiger charge is -2.42. The van der Waals surface area contributed by atoms with Crippen molar-refractivity contribution in [3.05, 3.63) is 203 Å². The summed E-state index contributed by atoms with van der Waals surface area (Å²) in [6, 6.07) is 56.9. The maximum Gasteiger partial charge on any atom is 0.251 e. The molecule has 10 atom stereocenters. The van der Waals surface area contributed by atoms with Crippen molar-refractivity contribution < 1.29 is 19.2 Å². The van der Waals surface area contributed by atoms with Crippen molar-refractivity contribution in [2.24, 2.45) is 23.7 Å². The van der Waals surface area contributed by atoms with E-state index in [0.717, 1.165) is 88.7 Å². The van der Waals surface area contributed by atoms with Crippen LogP contribution in [-0.2, 0) is 9.59 Å². The molecule has 6 aliphatic rings. The monoisotopic (exact) mass is 959 g/mol. The summed E-state index contributed by atoms with van der Waals surface area (Å²) in [7, 11) is 0. The summed E-state index contributed by atoms with van der Waals surface area (Å²) >= 11 is 0. The molecule has 4 aliphatic heterocycles. The number of rotatable bonds is 8. The van der Waals surface area contributed by atoms with Gasteiger partial charge in [0, 0.05) is 59.5 Å². The number of anilines is 2. The molecule has 72 heavy (non-hydrogen) atoms. The van der Waals surface area contributed by atoms with Gasteiger partial charge in [-0.1, -0.05) is 159 Å². The van der Waals surface area contributed by atoms with Gasteiger partial charge < -0.3 is 31.1 Å². The molecule has 4 N–H and O–H groups in total. The summed E-state index contributed by atoms with van der Waals surface area (Å²) in [6.07, 6.45) is 9.42. The summed E-state index contributed by atoms with van der Waals surface area (Å²) in [5.41, 5.74) is 8.48. The van der Waals surface area contributed by atoms with Crippen LogP contribution >= 0.6 is 0 Å². The lowest BCUT2D eigenvalue weighted by molar-refractivity contribution is -0.139. The Hall–Kier alpha value is -7.20. The molecule has 4 fully saturated rings. The van der Waals surface area contributed by atoms with Crippen LogP contribution < -0.4 is 21.3 Å². The number of carbonyl (C=O) groups is 4. The predicted octanol–water partition coefficient (Wildman–Crippen LogP) is 11.5. The first kappa shape index (κ1) is 47.1. The fourth-order valence-electron chi connectivity index (χ4n) is 13.2. The number of nitrogens with zero attached hydrogens (tertiary/aromatic N) is 2. The van der Waals surface area contributed by atoms with E-state index in [1.807, 2.05) is 60.7 Å². The molecule has 10 nitrogen and oxygen atoms in total. The first-order valence-electron chi connectivity index (χ1n) is 26.5. The number of hydrogen-bond donors (Lipinski definition) is 4. The first-order valence-corrected chi connectivity index (χ1v) is 26.5. The van der Waals surface area contributed by atoms with Gasteiger partial charge in [0.05, 0.1) is 36.0 Å². The van der Waals surface area contributed by atoms with Gasteiger partial charge in [0.15, 0.2) is 0 Å². The Balaban J connectivity index is 0.000000156. The van der Waals surface area contributed by atoms with Crippen molar-refractivity contribution in [3.63, 3.8) is 0 Å². The minimum absolute atomic E-state index is 0.0487. The molecule has 2 aliphatic carbocycles. The summed E-state index contributed by atoms with van der Waals surface area (Å²) in [5.74, 6) is 0.490. The molecule has 6 aromatic carbocycles. The third-order valence-corrected chi connectivity index (χ3v) is 16.7. The molecule has 0 unspecified atom stereocenters. The number of likely N-dealkylation sites (tertiary alicyclic amines) is 2. The van der Waals surface area contributed by atoms with Crippen LogP contribution in [0.3, 0.4) is 0 Å². The van der Waals surface area contributed by atoms with E-state index < -0.39 is 0 Å². The molecule has 368 valence electrons. The van der Waals surface area contributed by atoms with Gasteiger partial charge in [-0.2, -0.15) is 0 Å². The molecule has 2 saturated carbocycles. The average molecular weight is 959 g/mol. The Bertz CT molecular complexity index is 2650. The highest BCUT2D eigenvalue weighted by molar-refractivity contribution is 5.95. The summed E-state index contributed by atoms with van der Waals surface area (Å²) in [4.78, 5) is 58.6. The summed E-state index contributed by atoms with van der Waals surface area (Å²) in [6.45, 7) is 1.51. The van der Waals surface area contributed by atoms with Gasteiger partial charge in [-0.05, 0) is 97.2 Å². The molecule has 2 saturated heterocycles. The highest BCUT2D eigenvalue weighted by Gasteiger charge is 2.50. The average Bonchev–Trinajstić information content (AvgIpc) is 4.11. The van der Waals surface area contributed by atoms with Crippen LogP contribution in [0.5, 0.6) is 0 Å². The smallest absolute Gasteiger partial charge is 0.251 e. The zero-order valence-electron chi connectivity index (χ0n) is 41.0. The topological polar surface area (TPSA) is 123 Å². The van der Waals surface area contributed by atoms with Crippen LogP contribution in [-0.4, -0.2) is 58.6 Å². The van der Waals surface area contributed by atoms with Gasteiger partial charge in [-0.15, -0.1) is 0 Å². The fraction of sp³-hybridized carbons (Fsp3) is 0.355. The number of amides is 4. The highest BCUT2D eigenvalue weighted by atomic mass is 16.2. The predicted molar refractivity (Wildman–Crippen MR) is 283 cm³/mol. The standard InChI is InChI=1S/2C31H33N3O2/c2*35-30(22-13-5-2-6-14-22)33-27-18-10-8-16-24(27)31(36)34-20-19-25-28(21-11-3-1-4-12-21)32-26-17-9-7-15-23(26)29(25)34/h2*1-7,9,11-15,17,24-25,27-29,32H,8,10,16,18-20H2,(H,33,35)/t24-,25+,27+,28-,29-;24-,25-,27+,28+,29+/m00/s1. The van der Waals surface area contributed by atoms with Crippen LogP contribution in [0.15, 0.2) is 170 Å². The molecular weight excluding hydrogens is 893 g/mol. The summed E-state index contributed by atoms with van der Waals surface area (Å²) in [5, 5.41) is 14.0. The van der Waals surface area contributed by atoms with Crippen LogP contribution in [0.1, 0.15) is 131 Å². The van der Waals surface area contributed by atoms with E-state index >= 15 is 0 Å². The van der Waals surface area contributed by atoms with Crippen molar-refractivity contribution in [3.8, 4) is 0 Å². The second kappa shape index (κ2) is 21.3. The van der Waals surface area contributed by atoms with Crippen LogP contribution in [0, 0.1) is 23.7 Å². The molecule has 0 spiro atoms. The van der Waals surface area contributed by atoms with Crippen molar-refractivity contribution in [2.75, 3.05) is 23.7 Å². The van der Waals surface area contributed by atoms with Gasteiger partial charge in [-0.25, -0.2) is 0 Å². The number of hydrogen-bond acceptors (Lipinski definition) is 6. The van der Waals surface area contributed by atoms with Gasteiger partial charge in [-0.3, -0.25) is 19.2 Å². The van der Waals surface area contributed by atoms with Crippen molar-refractivity contribution in [1.82, 2.24) is 20.4 Å². The van der Waals surface area contributed by atoms with Crippen molar-refractivity contribution >= 4 is 35.0 Å². The Morgan fingerprint density at radius 2 is 0.750 bits per heavy atom. The number of benzene rings is 6. The minimum Gasteiger partial charge on any atom is -0.378 e. The lowest BCUT2D eigenvalue weighted by Crippen LogP contribution is -2.50. The van der Waals surface area contributed by atoms with Gasteiger partial charge in [0.1, 0.15) is 0 Å². The van der Waals surface area contributed by atoms with Gasteiger partial charge in [0.25, 0.3) is 11.8 Å². The van der Waals surface area contributed by atoms with E-state index in [-0.39, 0.29) is 71.7 Å². The number of carbonyl (C=O) groups excluding carboxylic acids is 4. The first-order chi connectivity index (χ1) is 35.4. The van der Waals surface area contributed by atoms with Crippen LogP contribution in [0.2, 0.25) is 0 Å². The normalized spacial score (nSPS) is 26.9.